The summed E-state index contributed by atoms with van der Waals surface area (Å²) in [5.74, 6) is 0.761. The molecule has 0 fully saturated rings. The molecule has 0 radical (unpaired) electrons. The van der Waals surface area contributed by atoms with E-state index in [0.717, 1.165) is 11.3 Å². The maximum Gasteiger partial charge on any atom is 0.270 e. The van der Waals surface area contributed by atoms with Gasteiger partial charge in [0.25, 0.3) is 5.69 Å². The zero-order valence-electron chi connectivity index (χ0n) is 10.0. The molecular weight excluding hydrogens is 232 g/mol. The number of nitrogen functional groups attached to an aromatic ring is 1. The molecular formula is C12H12N4O2. The Kier molecular flexibility index (Phi) is 2.93. The fraction of sp³-hybridized carbons (Fsp3) is 0.167. The second kappa shape index (κ2) is 4.40. The van der Waals surface area contributed by atoms with Crippen molar-refractivity contribution in [1.82, 2.24) is 9.97 Å². The molecule has 0 saturated heterocycles. The maximum atomic E-state index is 10.8. The molecule has 0 bridgehead atoms. The molecule has 0 saturated carbocycles. The van der Waals surface area contributed by atoms with Crippen LogP contribution in [-0.4, -0.2) is 14.9 Å². The van der Waals surface area contributed by atoms with Crippen molar-refractivity contribution in [3.05, 3.63) is 45.6 Å². The summed E-state index contributed by atoms with van der Waals surface area (Å²) in [5, 5.41) is 10.8. The van der Waals surface area contributed by atoms with E-state index in [1.807, 2.05) is 6.92 Å². The summed E-state index contributed by atoms with van der Waals surface area (Å²) in [5.41, 5.74) is 7.89. The van der Waals surface area contributed by atoms with Crippen LogP contribution in [0.1, 0.15) is 11.3 Å². The van der Waals surface area contributed by atoms with Crippen LogP contribution in [-0.2, 0) is 0 Å². The van der Waals surface area contributed by atoms with Gasteiger partial charge in [0, 0.05) is 29.5 Å². The van der Waals surface area contributed by atoms with E-state index in [0.29, 0.717) is 17.2 Å². The van der Waals surface area contributed by atoms with E-state index in [1.54, 1.807) is 19.1 Å². The Bertz CT molecular complexity index is 605. The van der Waals surface area contributed by atoms with Gasteiger partial charge in [-0.15, -0.1) is 0 Å². The molecule has 92 valence electrons. The molecule has 0 unspecified atom stereocenters. The highest BCUT2D eigenvalue weighted by atomic mass is 16.6. The Labute approximate surface area is 104 Å². The zero-order chi connectivity index (χ0) is 13.3. The minimum Gasteiger partial charge on any atom is -0.384 e. The van der Waals surface area contributed by atoms with Crippen LogP contribution < -0.4 is 5.73 Å². The highest BCUT2D eigenvalue weighted by molar-refractivity contribution is 5.64. The van der Waals surface area contributed by atoms with Crippen LogP contribution in [0.2, 0.25) is 0 Å². The van der Waals surface area contributed by atoms with Crippen LogP contribution in [0.15, 0.2) is 24.3 Å². The first kappa shape index (κ1) is 12.0. The lowest BCUT2D eigenvalue weighted by Gasteiger charge is -2.06. The fourth-order valence-corrected chi connectivity index (χ4v) is 1.68. The van der Waals surface area contributed by atoms with Gasteiger partial charge in [0.15, 0.2) is 5.82 Å². The summed E-state index contributed by atoms with van der Waals surface area (Å²) in [6.45, 7) is 3.65. The lowest BCUT2D eigenvalue weighted by atomic mass is 10.1. The number of non-ortho nitro benzene ring substituents is 1. The van der Waals surface area contributed by atoms with Gasteiger partial charge in [-0.25, -0.2) is 9.97 Å². The number of aryl methyl sites for hydroxylation is 2. The van der Waals surface area contributed by atoms with Crippen LogP contribution in [0.3, 0.4) is 0 Å². The van der Waals surface area contributed by atoms with E-state index in [2.05, 4.69) is 9.97 Å². The number of nitro groups is 1. The highest BCUT2D eigenvalue weighted by Crippen LogP contribution is 2.25. The summed E-state index contributed by atoms with van der Waals surface area (Å²) in [6, 6.07) is 6.24. The third kappa shape index (κ3) is 2.27. The number of benzene rings is 1. The first-order valence-corrected chi connectivity index (χ1v) is 5.34. The smallest absolute Gasteiger partial charge is 0.270 e. The van der Waals surface area contributed by atoms with Gasteiger partial charge in [-0.3, -0.25) is 10.1 Å². The molecule has 6 heteroatoms. The number of hydrogen-bond donors (Lipinski definition) is 1. The molecule has 0 aliphatic heterocycles. The van der Waals surface area contributed by atoms with Crippen molar-refractivity contribution in [2.24, 2.45) is 0 Å². The van der Waals surface area contributed by atoms with Crippen molar-refractivity contribution in [1.29, 1.82) is 0 Å². The van der Waals surface area contributed by atoms with Crippen LogP contribution in [0.4, 0.5) is 11.5 Å². The second-order valence-corrected chi connectivity index (χ2v) is 4.01. The Balaban J connectivity index is 2.62. The second-order valence-electron chi connectivity index (χ2n) is 4.01. The summed E-state index contributed by atoms with van der Waals surface area (Å²) in [6.07, 6.45) is 0. The molecule has 2 aromatic rings. The zero-order valence-corrected chi connectivity index (χ0v) is 10.0. The van der Waals surface area contributed by atoms with Gasteiger partial charge in [0.05, 0.1) is 4.92 Å². The highest BCUT2D eigenvalue weighted by Gasteiger charge is 2.12. The van der Waals surface area contributed by atoms with Crippen LogP contribution in [0.25, 0.3) is 11.4 Å². The van der Waals surface area contributed by atoms with Gasteiger partial charge in [0.2, 0.25) is 0 Å². The van der Waals surface area contributed by atoms with E-state index in [4.69, 9.17) is 5.73 Å². The van der Waals surface area contributed by atoms with Crippen LogP contribution in [0, 0.1) is 24.0 Å². The Morgan fingerprint density at radius 2 is 1.94 bits per heavy atom. The molecule has 0 amide bonds. The molecule has 1 aromatic carbocycles. The van der Waals surface area contributed by atoms with Gasteiger partial charge >= 0.3 is 0 Å². The molecule has 0 spiro atoms. The first-order chi connectivity index (χ1) is 8.47. The van der Waals surface area contributed by atoms with Gasteiger partial charge in [-0.1, -0.05) is 6.07 Å². The van der Waals surface area contributed by atoms with Crippen LogP contribution in [0.5, 0.6) is 0 Å². The quantitative estimate of drug-likeness (QED) is 0.645. The normalized spacial score (nSPS) is 10.3. The average molecular weight is 244 g/mol. The molecule has 0 aliphatic carbocycles. The molecule has 18 heavy (non-hydrogen) atoms. The predicted molar refractivity (Wildman–Crippen MR) is 68.0 cm³/mol. The summed E-state index contributed by atoms with van der Waals surface area (Å²) in [7, 11) is 0. The number of nitrogens with zero attached hydrogens (tertiary/aromatic N) is 3. The number of nitro benzene ring substituents is 1. The number of rotatable bonds is 2. The van der Waals surface area contributed by atoms with Gasteiger partial charge in [0.1, 0.15) is 5.82 Å². The SMILES string of the molecule is Cc1cc(N)nc(-c2cc([N+](=O)[O-])ccc2C)n1. The van der Waals surface area contributed by atoms with Gasteiger partial charge < -0.3 is 5.73 Å². The molecule has 2 N–H and O–H groups in total. The number of aromatic nitrogens is 2. The summed E-state index contributed by atoms with van der Waals surface area (Å²) >= 11 is 0. The van der Waals surface area contributed by atoms with E-state index in [1.165, 1.54) is 12.1 Å². The Hall–Kier alpha value is -2.50. The van der Waals surface area contributed by atoms with Gasteiger partial charge in [-0.05, 0) is 19.4 Å². The van der Waals surface area contributed by atoms with E-state index in [9.17, 15) is 10.1 Å². The fourth-order valence-electron chi connectivity index (χ4n) is 1.68. The van der Waals surface area contributed by atoms with Crippen LogP contribution >= 0.6 is 0 Å². The molecule has 0 atom stereocenters. The Morgan fingerprint density at radius 3 is 2.56 bits per heavy atom. The van der Waals surface area contributed by atoms with Crippen molar-refractivity contribution in [2.45, 2.75) is 13.8 Å². The maximum absolute atomic E-state index is 10.8. The number of nitrogens with two attached hydrogens (primary N) is 1. The minimum atomic E-state index is -0.442. The van der Waals surface area contributed by atoms with Crippen molar-refractivity contribution in [2.75, 3.05) is 5.73 Å². The molecule has 2 rings (SSSR count). The lowest BCUT2D eigenvalue weighted by molar-refractivity contribution is -0.384. The number of hydrogen-bond acceptors (Lipinski definition) is 5. The van der Waals surface area contributed by atoms with Crippen molar-refractivity contribution >= 4 is 11.5 Å². The molecule has 0 aliphatic rings. The van der Waals surface area contributed by atoms with E-state index in [-0.39, 0.29) is 5.69 Å². The Morgan fingerprint density at radius 1 is 1.22 bits per heavy atom. The standard InChI is InChI=1S/C12H12N4O2/c1-7-3-4-9(16(17)18)6-10(7)12-14-8(2)5-11(13)15-12/h3-6H,1-2H3,(H2,13,14,15). The van der Waals surface area contributed by atoms with E-state index >= 15 is 0 Å². The van der Waals surface area contributed by atoms with Crippen molar-refractivity contribution in [3.8, 4) is 11.4 Å². The monoisotopic (exact) mass is 244 g/mol. The van der Waals surface area contributed by atoms with Crippen molar-refractivity contribution < 1.29 is 4.92 Å². The minimum absolute atomic E-state index is 0.0132. The first-order valence-electron chi connectivity index (χ1n) is 5.34. The average Bonchev–Trinajstić information content (AvgIpc) is 2.27. The predicted octanol–water partition coefficient (Wildman–Crippen LogP) is 2.25. The number of anilines is 1. The third-order valence-corrected chi connectivity index (χ3v) is 2.55. The van der Waals surface area contributed by atoms with E-state index < -0.39 is 4.92 Å². The van der Waals surface area contributed by atoms with Gasteiger partial charge in [-0.2, -0.15) is 0 Å². The largest absolute Gasteiger partial charge is 0.384 e. The summed E-state index contributed by atoms with van der Waals surface area (Å²) in [4.78, 5) is 18.7. The van der Waals surface area contributed by atoms with Crippen molar-refractivity contribution in [3.63, 3.8) is 0 Å². The third-order valence-electron chi connectivity index (χ3n) is 2.55. The molecule has 6 nitrogen and oxygen atoms in total. The topological polar surface area (TPSA) is 94.9 Å². The lowest BCUT2D eigenvalue weighted by Crippen LogP contribution is -1.99. The summed E-state index contributed by atoms with van der Waals surface area (Å²) < 4.78 is 0. The molecule has 1 heterocycles. The molecule has 1 aromatic heterocycles.